The highest BCUT2D eigenvalue weighted by molar-refractivity contribution is 7.10. The number of benzene rings is 2. The van der Waals surface area contributed by atoms with Crippen LogP contribution in [0.5, 0.6) is 0 Å². The van der Waals surface area contributed by atoms with Gasteiger partial charge in [0.25, 0.3) is 0 Å². The van der Waals surface area contributed by atoms with Gasteiger partial charge in [-0.1, -0.05) is 72.5 Å². The van der Waals surface area contributed by atoms with Crippen LogP contribution < -0.4 is 0 Å². The maximum Gasteiger partial charge on any atom is 0.0916 e. The van der Waals surface area contributed by atoms with Gasteiger partial charge in [0.1, 0.15) is 0 Å². The Hall–Kier alpha value is -2.60. The Balaban J connectivity index is 1.85. The average molecular weight is 330 g/mol. The quantitative estimate of drug-likeness (QED) is 0.643. The topological polar surface area (TPSA) is 20.2 Å². The van der Waals surface area contributed by atoms with Gasteiger partial charge in [0.15, 0.2) is 0 Å². The molecule has 0 bridgehead atoms. The molecule has 1 N–H and O–H groups in total. The molecule has 1 aromatic heterocycles. The molecule has 0 saturated carbocycles. The third-order valence-corrected chi connectivity index (χ3v) is 4.59. The molecule has 1 atom stereocenters. The summed E-state index contributed by atoms with van der Waals surface area (Å²) in [5, 5.41) is 12.3. The standard InChI is InChI=1S/C22H18OS/c23-21(22-12-7-17-24-22)16-15-20(19-10-5-2-6-11-19)14-13-18-8-3-1-4-9-18/h1-12,15,17,21,23H,16H2/b20-15+. The predicted octanol–water partition coefficient (Wildman–Crippen LogP) is 5.31. The van der Waals surface area contributed by atoms with Crippen LogP contribution in [0.4, 0.5) is 0 Å². The highest BCUT2D eigenvalue weighted by atomic mass is 32.1. The smallest absolute Gasteiger partial charge is 0.0916 e. The van der Waals surface area contributed by atoms with Crippen molar-refractivity contribution in [2.24, 2.45) is 0 Å². The third kappa shape index (κ3) is 4.45. The second-order valence-electron chi connectivity index (χ2n) is 5.37. The van der Waals surface area contributed by atoms with Gasteiger partial charge in [-0.25, -0.2) is 0 Å². The van der Waals surface area contributed by atoms with Gasteiger partial charge >= 0.3 is 0 Å². The summed E-state index contributed by atoms with van der Waals surface area (Å²) in [5.41, 5.74) is 2.99. The van der Waals surface area contributed by atoms with Crippen LogP contribution in [0.15, 0.2) is 84.3 Å². The number of hydrogen-bond donors (Lipinski definition) is 1. The summed E-state index contributed by atoms with van der Waals surface area (Å²) in [6, 6.07) is 23.9. The highest BCUT2D eigenvalue weighted by Crippen LogP contribution is 2.24. The Morgan fingerprint density at radius 1 is 0.958 bits per heavy atom. The summed E-state index contributed by atoms with van der Waals surface area (Å²) in [7, 11) is 0. The van der Waals surface area contributed by atoms with Crippen molar-refractivity contribution in [3.8, 4) is 11.8 Å². The predicted molar refractivity (Wildman–Crippen MR) is 102 cm³/mol. The minimum Gasteiger partial charge on any atom is -0.387 e. The first kappa shape index (κ1) is 16.3. The molecule has 0 amide bonds. The molecule has 1 unspecified atom stereocenters. The van der Waals surface area contributed by atoms with E-state index in [1.165, 1.54) is 0 Å². The number of aliphatic hydroxyl groups excluding tert-OH is 1. The van der Waals surface area contributed by atoms with Gasteiger partial charge in [-0.2, -0.15) is 0 Å². The van der Waals surface area contributed by atoms with Gasteiger partial charge in [0, 0.05) is 16.0 Å². The van der Waals surface area contributed by atoms with Crippen LogP contribution in [0.25, 0.3) is 5.57 Å². The van der Waals surface area contributed by atoms with E-state index in [4.69, 9.17) is 0 Å². The van der Waals surface area contributed by atoms with Crippen molar-refractivity contribution in [3.63, 3.8) is 0 Å². The van der Waals surface area contributed by atoms with Gasteiger partial charge in [-0.3, -0.25) is 0 Å². The van der Waals surface area contributed by atoms with E-state index < -0.39 is 6.10 Å². The molecular formula is C22H18OS. The molecule has 3 rings (SSSR count). The number of rotatable bonds is 4. The molecular weight excluding hydrogens is 312 g/mol. The van der Waals surface area contributed by atoms with Crippen LogP contribution in [-0.2, 0) is 0 Å². The zero-order valence-corrected chi connectivity index (χ0v) is 14.0. The number of allylic oxidation sites excluding steroid dienone is 1. The lowest BCUT2D eigenvalue weighted by Crippen LogP contribution is -1.93. The molecule has 0 aliphatic carbocycles. The van der Waals surface area contributed by atoms with E-state index in [9.17, 15) is 5.11 Å². The van der Waals surface area contributed by atoms with Crippen molar-refractivity contribution in [1.29, 1.82) is 0 Å². The van der Waals surface area contributed by atoms with Crippen molar-refractivity contribution in [2.75, 3.05) is 0 Å². The largest absolute Gasteiger partial charge is 0.387 e. The Morgan fingerprint density at radius 3 is 2.33 bits per heavy atom. The van der Waals surface area contributed by atoms with Gasteiger partial charge in [-0.15, -0.1) is 11.3 Å². The summed E-state index contributed by atoms with van der Waals surface area (Å²) in [4.78, 5) is 0.981. The van der Waals surface area contributed by atoms with E-state index >= 15 is 0 Å². The zero-order valence-electron chi connectivity index (χ0n) is 13.2. The molecule has 2 heteroatoms. The fraction of sp³-hybridized carbons (Fsp3) is 0.0909. The van der Waals surface area contributed by atoms with E-state index in [1.54, 1.807) is 11.3 Å². The summed E-state index contributed by atoms with van der Waals surface area (Å²) >= 11 is 1.57. The first-order valence-electron chi connectivity index (χ1n) is 7.87. The molecule has 1 heterocycles. The van der Waals surface area contributed by atoms with Gasteiger partial charge in [-0.05, 0) is 35.6 Å². The van der Waals surface area contributed by atoms with Gasteiger partial charge in [0.2, 0.25) is 0 Å². The van der Waals surface area contributed by atoms with Crippen LogP contribution in [0.2, 0.25) is 0 Å². The van der Waals surface area contributed by atoms with Crippen molar-refractivity contribution in [2.45, 2.75) is 12.5 Å². The van der Waals surface area contributed by atoms with Crippen LogP contribution >= 0.6 is 11.3 Å². The second kappa shape index (κ2) is 8.31. The molecule has 0 saturated heterocycles. The zero-order chi connectivity index (χ0) is 16.6. The number of thiophene rings is 1. The molecule has 0 radical (unpaired) electrons. The third-order valence-electron chi connectivity index (χ3n) is 3.62. The van der Waals surface area contributed by atoms with Crippen molar-refractivity contribution < 1.29 is 5.11 Å². The molecule has 24 heavy (non-hydrogen) atoms. The normalized spacial score (nSPS) is 12.3. The summed E-state index contributed by atoms with van der Waals surface area (Å²) in [5.74, 6) is 6.46. The van der Waals surface area contributed by atoms with Crippen molar-refractivity contribution in [1.82, 2.24) is 0 Å². The Labute approximate surface area is 146 Å². The molecule has 1 nitrogen and oxygen atoms in total. The second-order valence-corrected chi connectivity index (χ2v) is 6.35. The highest BCUT2D eigenvalue weighted by Gasteiger charge is 2.07. The molecule has 118 valence electrons. The Bertz CT molecular complexity index is 837. The molecule has 0 aliphatic rings. The SMILES string of the molecule is OC(C/C=C(\C#Cc1ccccc1)c1ccccc1)c1cccs1. The lowest BCUT2D eigenvalue weighted by molar-refractivity contribution is 0.185. The summed E-state index contributed by atoms with van der Waals surface area (Å²) in [6.45, 7) is 0. The summed E-state index contributed by atoms with van der Waals surface area (Å²) < 4.78 is 0. The van der Waals surface area contributed by atoms with Gasteiger partial charge < -0.3 is 5.11 Å². The average Bonchev–Trinajstić information content (AvgIpc) is 3.18. The molecule has 0 spiro atoms. The molecule has 2 aromatic carbocycles. The fourth-order valence-corrected chi connectivity index (χ4v) is 3.07. The van der Waals surface area contributed by atoms with E-state index in [1.807, 2.05) is 84.3 Å². The lowest BCUT2D eigenvalue weighted by Gasteiger charge is -2.06. The van der Waals surface area contributed by atoms with Crippen molar-refractivity contribution >= 4 is 16.9 Å². The number of hydrogen-bond acceptors (Lipinski definition) is 2. The van der Waals surface area contributed by atoms with Gasteiger partial charge in [0.05, 0.1) is 6.10 Å². The van der Waals surface area contributed by atoms with Crippen LogP contribution in [-0.4, -0.2) is 5.11 Å². The Kier molecular flexibility index (Phi) is 5.63. The maximum absolute atomic E-state index is 10.3. The lowest BCUT2D eigenvalue weighted by atomic mass is 10.0. The van der Waals surface area contributed by atoms with E-state index in [-0.39, 0.29) is 0 Å². The van der Waals surface area contributed by atoms with Crippen LogP contribution in [0.1, 0.15) is 28.5 Å². The Morgan fingerprint density at radius 2 is 1.67 bits per heavy atom. The summed E-state index contributed by atoms with van der Waals surface area (Å²) in [6.07, 6.45) is 2.09. The van der Waals surface area contributed by atoms with E-state index in [0.29, 0.717) is 6.42 Å². The van der Waals surface area contributed by atoms with Crippen molar-refractivity contribution in [3.05, 3.63) is 100 Å². The molecule has 0 aliphatic heterocycles. The number of aliphatic hydroxyl groups is 1. The molecule has 0 fully saturated rings. The van der Waals surface area contributed by atoms with Crippen LogP contribution in [0, 0.1) is 11.8 Å². The van der Waals surface area contributed by atoms with E-state index in [2.05, 4.69) is 11.8 Å². The van der Waals surface area contributed by atoms with Crippen LogP contribution in [0.3, 0.4) is 0 Å². The fourth-order valence-electron chi connectivity index (χ4n) is 2.35. The molecule has 3 aromatic rings. The minimum absolute atomic E-state index is 0.484. The first-order chi connectivity index (χ1) is 11.8. The first-order valence-corrected chi connectivity index (χ1v) is 8.75. The van der Waals surface area contributed by atoms with E-state index in [0.717, 1.165) is 21.6 Å². The maximum atomic E-state index is 10.3. The minimum atomic E-state index is -0.484. The monoisotopic (exact) mass is 330 g/mol.